The fraction of sp³-hybridized carbons (Fsp3) is 0.692. The molecule has 2 atom stereocenters. The first-order valence-electron chi connectivity index (χ1n) is 6.12. The average Bonchev–Trinajstić information content (AvgIpc) is 2.59. The monoisotopic (exact) mass is 270 g/mol. The molecule has 1 aliphatic rings. The molecule has 102 valence electrons. The molecule has 0 spiro atoms. The van der Waals surface area contributed by atoms with Crippen molar-refractivity contribution in [3.63, 3.8) is 0 Å². The van der Waals surface area contributed by atoms with E-state index in [1.54, 1.807) is 0 Å². The summed E-state index contributed by atoms with van der Waals surface area (Å²) in [6, 6.07) is -0.804. The Morgan fingerprint density at radius 2 is 2.06 bits per heavy atom. The van der Waals surface area contributed by atoms with Gasteiger partial charge in [0.05, 0.1) is 17.4 Å². The number of allylic oxidation sites excluding steroid dienone is 1. The molecular formula is C13H20NO3S-. The number of nitrogens with zero attached hydrogens (tertiary/aromatic N) is 1. The van der Waals surface area contributed by atoms with Crippen LogP contribution in [0, 0.1) is 5.92 Å². The minimum Gasteiger partial charge on any atom is -0.548 e. The average molecular weight is 270 g/mol. The summed E-state index contributed by atoms with van der Waals surface area (Å²) in [4.78, 5) is 24.7. The van der Waals surface area contributed by atoms with E-state index < -0.39 is 12.0 Å². The van der Waals surface area contributed by atoms with Crippen LogP contribution in [-0.2, 0) is 9.59 Å². The number of carboxylic acid groups (broad SMARTS) is 1. The van der Waals surface area contributed by atoms with Gasteiger partial charge in [-0.15, -0.1) is 11.8 Å². The molecule has 0 unspecified atom stereocenters. The Balaban J connectivity index is 2.91. The van der Waals surface area contributed by atoms with Crippen molar-refractivity contribution in [2.75, 3.05) is 5.75 Å². The molecule has 1 fully saturated rings. The zero-order chi connectivity index (χ0) is 13.9. The lowest BCUT2D eigenvalue weighted by atomic mass is 10.1. The lowest BCUT2D eigenvalue weighted by Gasteiger charge is -2.30. The summed E-state index contributed by atoms with van der Waals surface area (Å²) in [6.07, 6.45) is 2.30. The fourth-order valence-corrected chi connectivity index (χ4v) is 3.58. The topological polar surface area (TPSA) is 60.4 Å². The number of hydrogen-bond acceptors (Lipinski definition) is 4. The first-order valence-corrected chi connectivity index (χ1v) is 7.17. The highest BCUT2D eigenvalue weighted by Crippen LogP contribution is 2.33. The Morgan fingerprint density at radius 3 is 2.50 bits per heavy atom. The van der Waals surface area contributed by atoms with E-state index in [0.717, 1.165) is 12.0 Å². The number of aliphatic carboxylic acids is 1. The van der Waals surface area contributed by atoms with E-state index in [9.17, 15) is 14.7 Å². The number of carbonyl (C=O) groups excluding carboxylic acids is 2. The van der Waals surface area contributed by atoms with Crippen molar-refractivity contribution in [1.29, 1.82) is 0 Å². The zero-order valence-corrected chi connectivity index (χ0v) is 12.1. The Morgan fingerprint density at radius 1 is 1.44 bits per heavy atom. The van der Waals surface area contributed by atoms with Crippen molar-refractivity contribution >= 4 is 23.6 Å². The van der Waals surface area contributed by atoms with Gasteiger partial charge < -0.3 is 14.8 Å². The summed E-state index contributed by atoms with van der Waals surface area (Å²) in [5, 5.41) is 11.0. The lowest BCUT2D eigenvalue weighted by Crippen LogP contribution is -2.50. The van der Waals surface area contributed by atoms with Crippen LogP contribution in [0.4, 0.5) is 0 Å². The van der Waals surface area contributed by atoms with E-state index in [0.29, 0.717) is 11.7 Å². The molecule has 0 aliphatic carbocycles. The van der Waals surface area contributed by atoms with E-state index in [1.807, 2.05) is 13.8 Å². The second kappa shape index (κ2) is 6.27. The van der Waals surface area contributed by atoms with Crippen LogP contribution in [0.15, 0.2) is 11.6 Å². The summed E-state index contributed by atoms with van der Waals surface area (Å²) >= 11 is 1.53. The van der Waals surface area contributed by atoms with Gasteiger partial charge in [-0.05, 0) is 26.2 Å². The maximum Gasteiger partial charge on any atom is 0.247 e. The van der Waals surface area contributed by atoms with Crippen LogP contribution in [0.2, 0.25) is 0 Å². The Hall–Kier alpha value is -0.970. The maximum absolute atomic E-state index is 12.1. The van der Waals surface area contributed by atoms with Crippen molar-refractivity contribution in [2.24, 2.45) is 5.92 Å². The van der Waals surface area contributed by atoms with Gasteiger partial charge in [0.25, 0.3) is 0 Å². The van der Waals surface area contributed by atoms with Crippen LogP contribution in [0.1, 0.15) is 34.1 Å². The number of rotatable bonds is 4. The molecule has 1 aliphatic heterocycles. The van der Waals surface area contributed by atoms with Gasteiger partial charge in [-0.1, -0.05) is 19.4 Å². The Labute approximate surface area is 112 Å². The minimum absolute atomic E-state index is 0.0593. The van der Waals surface area contributed by atoms with E-state index in [-0.39, 0.29) is 11.3 Å². The first-order chi connectivity index (χ1) is 8.32. The molecule has 0 aromatic rings. The fourth-order valence-electron chi connectivity index (χ4n) is 1.95. The molecule has 1 heterocycles. The third-order valence-corrected chi connectivity index (χ3v) is 4.02. The number of carbonyl (C=O) groups is 2. The van der Waals surface area contributed by atoms with Gasteiger partial charge in [0, 0.05) is 11.8 Å². The Kier molecular flexibility index (Phi) is 5.26. The highest BCUT2D eigenvalue weighted by atomic mass is 32.2. The number of hydrogen-bond donors (Lipinski definition) is 0. The standard InChI is InChI=1S/C13H21NO3S/c1-8(2)5-11(15)14-10(13(16)17)7-18-12(14)6-9(3)4/h5,9-10,12H,6-7H2,1-4H3,(H,16,17)/p-1/t10-,12+/m0/s1. The van der Waals surface area contributed by atoms with Crippen molar-refractivity contribution < 1.29 is 14.7 Å². The third kappa shape index (κ3) is 3.77. The van der Waals surface area contributed by atoms with Gasteiger partial charge in [0.15, 0.2) is 0 Å². The van der Waals surface area contributed by atoms with Gasteiger partial charge >= 0.3 is 0 Å². The van der Waals surface area contributed by atoms with E-state index in [4.69, 9.17) is 0 Å². The molecule has 1 rings (SSSR count). The molecule has 0 saturated carbocycles. The summed E-state index contributed by atoms with van der Waals surface area (Å²) in [5.74, 6) is -0.545. The number of amides is 1. The van der Waals surface area contributed by atoms with Gasteiger partial charge in [0.1, 0.15) is 0 Å². The SMILES string of the molecule is CC(C)=CC(=O)N1[C@@H](CC(C)C)SC[C@H]1C(=O)[O-]. The van der Waals surface area contributed by atoms with Gasteiger partial charge in [-0.2, -0.15) is 0 Å². The first kappa shape index (κ1) is 15.1. The number of carboxylic acids is 1. The van der Waals surface area contributed by atoms with Gasteiger partial charge in [0.2, 0.25) is 5.91 Å². The molecule has 0 aromatic heterocycles. The smallest absolute Gasteiger partial charge is 0.247 e. The van der Waals surface area contributed by atoms with Gasteiger partial charge in [-0.3, -0.25) is 4.79 Å². The summed E-state index contributed by atoms with van der Waals surface area (Å²) in [7, 11) is 0. The molecule has 0 aromatic carbocycles. The normalized spacial score (nSPS) is 23.3. The van der Waals surface area contributed by atoms with Crippen molar-refractivity contribution in [1.82, 2.24) is 4.90 Å². The number of thioether (sulfide) groups is 1. The van der Waals surface area contributed by atoms with Crippen molar-refractivity contribution in [3.05, 3.63) is 11.6 Å². The Bertz CT molecular complexity index is 361. The maximum atomic E-state index is 12.1. The predicted molar refractivity (Wildman–Crippen MR) is 70.8 cm³/mol. The van der Waals surface area contributed by atoms with Crippen LogP contribution in [0.5, 0.6) is 0 Å². The van der Waals surface area contributed by atoms with E-state index >= 15 is 0 Å². The largest absolute Gasteiger partial charge is 0.548 e. The molecule has 1 saturated heterocycles. The summed E-state index contributed by atoms with van der Waals surface area (Å²) < 4.78 is 0. The zero-order valence-electron chi connectivity index (χ0n) is 11.3. The highest BCUT2D eigenvalue weighted by molar-refractivity contribution is 8.00. The highest BCUT2D eigenvalue weighted by Gasteiger charge is 2.37. The molecular weight excluding hydrogens is 250 g/mol. The predicted octanol–water partition coefficient (Wildman–Crippen LogP) is 1.02. The molecule has 0 radical (unpaired) electrons. The molecule has 0 N–H and O–H groups in total. The molecule has 5 heteroatoms. The third-order valence-electron chi connectivity index (χ3n) is 2.70. The molecule has 18 heavy (non-hydrogen) atoms. The quantitative estimate of drug-likeness (QED) is 0.716. The second-order valence-electron chi connectivity index (χ2n) is 5.22. The molecule has 4 nitrogen and oxygen atoms in total. The van der Waals surface area contributed by atoms with Crippen molar-refractivity contribution in [3.8, 4) is 0 Å². The van der Waals surface area contributed by atoms with Crippen LogP contribution < -0.4 is 5.11 Å². The van der Waals surface area contributed by atoms with Crippen LogP contribution >= 0.6 is 11.8 Å². The van der Waals surface area contributed by atoms with Crippen LogP contribution in [0.3, 0.4) is 0 Å². The van der Waals surface area contributed by atoms with Crippen LogP contribution in [-0.4, -0.2) is 33.9 Å². The molecule has 1 amide bonds. The lowest BCUT2D eigenvalue weighted by molar-refractivity contribution is -0.310. The minimum atomic E-state index is -1.16. The van der Waals surface area contributed by atoms with Crippen molar-refractivity contribution in [2.45, 2.75) is 45.5 Å². The summed E-state index contributed by atoms with van der Waals surface area (Å²) in [6.45, 7) is 7.78. The van der Waals surface area contributed by atoms with E-state index in [2.05, 4.69) is 13.8 Å². The van der Waals surface area contributed by atoms with Crippen LogP contribution in [0.25, 0.3) is 0 Å². The molecule has 0 bridgehead atoms. The summed E-state index contributed by atoms with van der Waals surface area (Å²) in [5.41, 5.74) is 0.872. The second-order valence-corrected chi connectivity index (χ2v) is 6.43. The van der Waals surface area contributed by atoms with E-state index in [1.165, 1.54) is 22.7 Å². The van der Waals surface area contributed by atoms with Gasteiger partial charge in [-0.25, -0.2) is 0 Å².